The fourth-order valence-electron chi connectivity index (χ4n) is 3.58. The Morgan fingerprint density at radius 2 is 1.73 bits per heavy atom. The zero-order valence-electron chi connectivity index (χ0n) is 16.0. The van der Waals surface area contributed by atoms with Gasteiger partial charge in [-0.05, 0) is 56.3 Å². The topological polar surface area (TPSA) is 20.3 Å². The molecular weight excluding hydrogens is 339 g/mol. The molecule has 1 aromatic carbocycles. The lowest BCUT2D eigenvalue weighted by Crippen LogP contribution is -2.44. The third kappa shape index (κ3) is 5.44. The van der Waals surface area contributed by atoms with Crippen molar-refractivity contribution in [3.63, 3.8) is 0 Å². The van der Waals surface area contributed by atoms with Crippen molar-refractivity contribution < 1.29 is 18.0 Å². The Morgan fingerprint density at radius 1 is 1.15 bits per heavy atom. The van der Waals surface area contributed by atoms with Crippen LogP contribution in [0.4, 0.5) is 13.2 Å². The van der Waals surface area contributed by atoms with Crippen LogP contribution >= 0.6 is 0 Å². The maximum atomic E-state index is 12.8. The second-order valence-corrected chi connectivity index (χ2v) is 8.09. The number of halogens is 3. The highest BCUT2D eigenvalue weighted by Gasteiger charge is 2.33. The van der Waals surface area contributed by atoms with Gasteiger partial charge in [-0.1, -0.05) is 37.6 Å². The van der Waals surface area contributed by atoms with Gasteiger partial charge in [0.2, 0.25) is 0 Å². The minimum atomic E-state index is -4.32. The van der Waals surface area contributed by atoms with Gasteiger partial charge in [-0.3, -0.25) is 9.69 Å². The summed E-state index contributed by atoms with van der Waals surface area (Å²) >= 11 is 0. The lowest BCUT2D eigenvalue weighted by atomic mass is 9.78. The Morgan fingerprint density at radius 3 is 2.23 bits per heavy atom. The lowest BCUT2D eigenvalue weighted by Gasteiger charge is -2.37. The van der Waals surface area contributed by atoms with E-state index in [1.54, 1.807) is 12.1 Å². The largest absolute Gasteiger partial charge is 0.416 e. The van der Waals surface area contributed by atoms with E-state index in [2.05, 4.69) is 11.0 Å². The van der Waals surface area contributed by atoms with E-state index in [0.717, 1.165) is 37.1 Å². The summed E-state index contributed by atoms with van der Waals surface area (Å²) in [5, 5.41) is 0. The highest BCUT2D eigenvalue weighted by Crippen LogP contribution is 2.34. The van der Waals surface area contributed by atoms with E-state index in [9.17, 15) is 18.0 Å². The minimum absolute atomic E-state index is 0.0987. The van der Waals surface area contributed by atoms with Crippen LogP contribution in [0.1, 0.15) is 58.1 Å². The van der Waals surface area contributed by atoms with Crippen molar-refractivity contribution in [3.8, 4) is 0 Å². The SMILES string of the molecule is CC(C)=CC(CC(C)(C)c1ccc(C(F)(F)F)cc1)N1CCCC(=O)C1. The van der Waals surface area contributed by atoms with Gasteiger partial charge in [0.05, 0.1) is 12.1 Å². The molecular formula is C21H28F3NO. The van der Waals surface area contributed by atoms with Crippen LogP contribution in [0.25, 0.3) is 0 Å². The molecule has 1 fully saturated rings. The van der Waals surface area contributed by atoms with Crippen molar-refractivity contribution >= 4 is 5.78 Å². The number of carbonyl (C=O) groups is 1. The summed E-state index contributed by atoms with van der Waals surface area (Å²) < 4.78 is 38.4. The van der Waals surface area contributed by atoms with Gasteiger partial charge in [0.1, 0.15) is 5.78 Å². The number of hydrogen-bond acceptors (Lipinski definition) is 2. The third-order valence-electron chi connectivity index (χ3n) is 4.99. The van der Waals surface area contributed by atoms with Crippen molar-refractivity contribution in [2.45, 2.75) is 64.6 Å². The summed E-state index contributed by atoms with van der Waals surface area (Å²) in [6, 6.07) is 5.55. The van der Waals surface area contributed by atoms with Crippen LogP contribution in [0.2, 0.25) is 0 Å². The minimum Gasteiger partial charge on any atom is -0.298 e. The van der Waals surface area contributed by atoms with Crippen LogP contribution in [0.5, 0.6) is 0 Å². The second-order valence-electron chi connectivity index (χ2n) is 8.09. The molecule has 1 heterocycles. The van der Waals surface area contributed by atoms with Crippen LogP contribution in [0.3, 0.4) is 0 Å². The number of alkyl halides is 3. The molecule has 1 saturated heterocycles. The van der Waals surface area contributed by atoms with Crippen molar-refractivity contribution in [2.24, 2.45) is 0 Å². The molecule has 1 unspecified atom stereocenters. The Hall–Kier alpha value is -1.62. The summed E-state index contributed by atoms with van der Waals surface area (Å²) in [6.07, 6.45) is 0.107. The molecule has 1 aliphatic heterocycles. The van der Waals surface area contributed by atoms with E-state index in [0.29, 0.717) is 13.0 Å². The number of nitrogens with zero attached hydrogens (tertiary/aromatic N) is 1. The van der Waals surface area contributed by atoms with Crippen molar-refractivity contribution in [3.05, 3.63) is 47.0 Å². The molecule has 0 amide bonds. The molecule has 144 valence electrons. The average molecular weight is 367 g/mol. The molecule has 0 aliphatic carbocycles. The summed E-state index contributed by atoms with van der Waals surface area (Å²) in [6.45, 7) is 9.50. The maximum absolute atomic E-state index is 12.8. The molecule has 5 heteroatoms. The summed E-state index contributed by atoms with van der Waals surface area (Å²) in [4.78, 5) is 14.1. The number of carbonyl (C=O) groups excluding carboxylic acids is 1. The van der Waals surface area contributed by atoms with E-state index >= 15 is 0 Å². The van der Waals surface area contributed by atoms with Crippen molar-refractivity contribution in [1.29, 1.82) is 0 Å². The monoisotopic (exact) mass is 367 g/mol. The fourth-order valence-corrected chi connectivity index (χ4v) is 3.58. The molecule has 1 atom stereocenters. The van der Waals surface area contributed by atoms with Crippen LogP contribution in [-0.4, -0.2) is 29.8 Å². The molecule has 1 aliphatic rings. The van der Waals surface area contributed by atoms with Gasteiger partial charge in [0.15, 0.2) is 0 Å². The molecule has 2 rings (SSSR count). The van der Waals surface area contributed by atoms with E-state index < -0.39 is 11.7 Å². The van der Waals surface area contributed by atoms with Gasteiger partial charge >= 0.3 is 6.18 Å². The van der Waals surface area contributed by atoms with Crippen LogP contribution in [0.15, 0.2) is 35.9 Å². The second kappa shape index (κ2) is 7.95. The maximum Gasteiger partial charge on any atom is 0.416 e. The first-order valence-electron chi connectivity index (χ1n) is 9.07. The van der Waals surface area contributed by atoms with Crippen LogP contribution in [0, 0.1) is 0 Å². The Balaban J connectivity index is 2.22. The molecule has 0 spiro atoms. The molecule has 1 aromatic rings. The first kappa shape index (κ1) is 20.7. The fraction of sp³-hybridized carbons (Fsp3) is 0.571. The summed E-state index contributed by atoms with van der Waals surface area (Å²) in [5.74, 6) is 0.260. The molecule has 26 heavy (non-hydrogen) atoms. The first-order chi connectivity index (χ1) is 12.0. The standard InChI is InChI=1S/C21H28F3NO/c1-15(2)12-18(25-11-5-6-19(26)14-25)13-20(3,4)16-7-9-17(10-8-16)21(22,23)24/h7-10,12,18H,5-6,11,13-14H2,1-4H3. The highest BCUT2D eigenvalue weighted by molar-refractivity contribution is 5.81. The number of likely N-dealkylation sites (tertiary alicyclic amines) is 1. The van der Waals surface area contributed by atoms with Gasteiger partial charge in [0.25, 0.3) is 0 Å². The van der Waals surface area contributed by atoms with E-state index in [1.165, 1.54) is 5.57 Å². The normalized spacial score (nSPS) is 17.9. The predicted molar refractivity (Wildman–Crippen MR) is 98.1 cm³/mol. The van der Waals surface area contributed by atoms with Gasteiger partial charge in [0, 0.05) is 12.5 Å². The van der Waals surface area contributed by atoms with E-state index in [4.69, 9.17) is 0 Å². The Bertz CT molecular complexity index is 655. The quantitative estimate of drug-likeness (QED) is 0.652. The average Bonchev–Trinajstić information content (AvgIpc) is 2.53. The number of allylic oxidation sites excluding steroid dienone is 1. The molecule has 0 radical (unpaired) electrons. The Labute approximate surface area is 154 Å². The number of Topliss-reactive ketones (excluding diaryl/α,β-unsaturated/α-hetero) is 1. The van der Waals surface area contributed by atoms with Crippen LogP contribution < -0.4 is 0 Å². The van der Waals surface area contributed by atoms with Gasteiger partial charge in [-0.15, -0.1) is 0 Å². The molecule has 2 nitrogen and oxygen atoms in total. The zero-order chi connectivity index (χ0) is 19.5. The molecule has 0 aromatic heterocycles. The lowest BCUT2D eigenvalue weighted by molar-refractivity contribution is -0.137. The van der Waals surface area contributed by atoms with Crippen LogP contribution in [-0.2, 0) is 16.4 Å². The van der Waals surface area contributed by atoms with E-state index in [-0.39, 0.29) is 17.2 Å². The smallest absolute Gasteiger partial charge is 0.298 e. The number of piperidine rings is 1. The first-order valence-corrected chi connectivity index (χ1v) is 9.07. The number of benzene rings is 1. The highest BCUT2D eigenvalue weighted by atomic mass is 19.4. The van der Waals surface area contributed by atoms with Gasteiger partial charge in [-0.25, -0.2) is 0 Å². The zero-order valence-corrected chi connectivity index (χ0v) is 16.0. The predicted octanol–water partition coefficient (Wildman–Crippen LogP) is 5.37. The van der Waals surface area contributed by atoms with Crippen molar-refractivity contribution in [2.75, 3.05) is 13.1 Å². The summed E-state index contributed by atoms with van der Waals surface area (Å²) in [5.41, 5.74) is 1.12. The molecule has 0 bridgehead atoms. The number of hydrogen-bond donors (Lipinski definition) is 0. The number of ketones is 1. The molecule has 0 saturated carbocycles. The molecule has 0 N–H and O–H groups in total. The van der Waals surface area contributed by atoms with E-state index in [1.807, 2.05) is 27.7 Å². The summed E-state index contributed by atoms with van der Waals surface area (Å²) in [7, 11) is 0. The third-order valence-corrected chi connectivity index (χ3v) is 4.99. The van der Waals surface area contributed by atoms with Gasteiger partial charge < -0.3 is 0 Å². The Kier molecular flexibility index (Phi) is 6.33. The van der Waals surface area contributed by atoms with Gasteiger partial charge in [-0.2, -0.15) is 13.2 Å². The van der Waals surface area contributed by atoms with Crippen molar-refractivity contribution in [1.82, 2.24) is 4.90 Å². The number of rotatable bonds is 5.